The van der Waals surface area contributed by atoms with E-state index >= 15 is 0 Å². The standard InChI is InChI=1S/C15H21NOS/c1-3-11(2)18-10-14(17)13-8-4-6-12-7-5-9-16-15(12)13/h5,7,9,11,13H,3-4,6,8,10H2,1-2H3. The van der Waals surface area contributed by atoms with Crippen molar-refractivity contribution in [1.82, 2.24) is 4.98 Å². The summed E-state index contributed by atoms with van der Waals surface area (Å²) in [5.41, 5.74) is 2.31. The van der Waals surface area contributed by atoms with Crippen LogP contribution >= 0.6 is 11.8 Å². The molecule has 18 heavy (non-hydrogen) atoms. The first-order valence-electron chi connectivity index (χ1n) is 6.80. The average Bonchev–Trinajstić information content (AvgIpc) is 2.43. The minimum atomic E-state index is 0.0477. The van der Waals surface area contributed by atoms with Crippen LogP contribution in [-0.2, 0) is 11.2 Å². The van der Waals surface area contributed by atoms with Gasteiger partial charge in [-0.05, 0) is 37.3 Å². The number of carbonyl (C=O) groups excluding carboxylic acids is 1. The molecule has 0 fully saturated rings. The Morgan fingerprint density at radius 1 is 1.61 bits per heavy atom. The predicted molar refractivity (Wildman–Crippen MR) is 77.1 cm³/mol. The van der Waals surface area contributed by atoms with E-state index in [1.807, 2.05) is 12.3 Å². The van der Waals surface area contributed by atoms with Crippen molar-refractivity contribution < 1.29 is 4.79 Å². The normalized spacial score (nSPS) is 20.2. The molecule has 1 aromatic heterocycles. The fourth-order valence-corrected chi connectivity index (χ4v) is 3.25. The zero-order valence-corrected chi connectivity index (χ0v) is 12.0. The molecule has 0 saturated heterocycles. The zero-order chi connectivity index (χ0) is 13.0. The molecule has 1 aliphatic rings. The molecule has 0 bridgehead atoms. The highest BCUT2D eigenvalue weighted by atomic mass is 32.2. The minimum Gasteiger partial charge on any atom is -0.298 e. The molecule has 2 rings (SSSR count). The Labute approximate surface area is 114 Å². The molecule has 98 valence electrons. The van der Waals surface area contributed by atoms with Gasteiger partial charge < -0.3 is 0 Å². The summed E-state index contributed by atoms with van der Waals surface area (Å²) in [6.45, 7) is 4.35. The van der Waals surface area contributed by atoms with E-state index < -0.39 is 0 Å². The van der Waals surface area contributed by atoms with Crippen LogP contribution in [0, 0.1) is 0 Å². The molecule has 0 aliphatic heterocycles. The quantitative estimate of drug-likeness (QED) is 0.813. The number of rotatable bonds is 5. The molecular formula is C15H21NOS. The van der Waals surface area contributed by atoms with Gasteiger partial charge in [-0.3, -0.25) is 9.78 Å². The highest BCUT2D eigenvalue weighted by Crippen LogP contribution is 2.31. The number of aryl methyl sites for hydroxylation is 1. The van der Waals surface area contributed by atoms with Gasteiger partial charge in [0.1, 0.15) is 0 Å². The van der Waals surface area contributed by atoms with Crippen LogP contribution in [0.4, 0.5) is 0 Å². The Morgan fingerprint density at radius 2 is 2.44 bits per heavy atom. The molecule has 0 amide bonds. The van der Waals surface area contributed by atoms with Crippen LogP contribution in [0.1, 0.15) is 50.3 Å². The summed E-state index contributed by atoms with van der Waals surface area (Å²) in [7, 11) is 0. The molecular weight excluding hydrogens is 242 g/mol. The second-order valence-corrected chi connectivity index (χ2v) is 6.42. The Balaban J connectivity index is 2.04. The summed E-state index contributed by atoms with van der Waals surface area (Å²) in [6.07, 6.45) is 6.10. The van der Waals surface area contributed by atoms with Crippen molar-refractivity contribution in [3.63, 3.8) is 0 Å². The van der Waals surface area contributed by atoms with E-state index in [4.69, 9.17) is 0 Å². The van der Waals surface area contributed by atoms with Crippen molar-refractivity contribution in [1.29, 1.82) is 0 Å². The number of nitrogens with zero attached hydrogens (tertiary/aromatic N) is 1. The fraction of sp³-hybridized carbons (Fsp3) is 0.600. The Hall–Kier alpha value is -0.830. The molecule has 0 N–H and O–H groups in total. The largest absolute Gasteiger partial charge is 0.298 e. The van der Waals surface area contributed by atoms with Gasteiger partial charge in [-0.2, -0.15) is 11.8 Å². The molecule has 0 aromatic carbocycles. The third-order valence-electron chi connectivity index (χ3n) is 3.67. The lowest BCUT2D eigenvalue weighted by Gasteiger charge is -2.23. The maximum Gasteiger partial charge on any atom is 0.151 e. The van der Waals surface area contributed by atoms with Crippen molar-refractivity contribution >= 4 is 17.5 Å². The molecule has 2 atom stereocenters. The summed E-state index contributed by atoms with van der Waals surface area (Å²) in [6, 6.07) is 4.09. The third-order valence-corrected chi connectivity index (χ3v) is 5.02. The lowest BCUT2D eigenvalue weighted by molar-refractivity contribution is -0.118. The van der Waals surface area contributed by atoms with E-state index in [-0.39, 0.29) is 5.92 Å². The number of thioether (sulfide) groups is 1. The predicted octanol–water partition coefficient (Wildman–Crippen LogP) is 3.60. The van der Waals surface area contributed by atoms with E-state index in [2.05, 4.69) is 24.9 Å². The molecule has 1 aliphatic carbocycles. The van der Waals surface area contributed by atoms with E-state index in [1.54, 1.807) is 11.8 Å². The summed E-state index contributed by atoms with van der Waals surface area (Å²) in [5.74, 6) is 1.04. The van der Waals surface area contributed by atoms with Crippen LogP contribution < -0.4 is 0 Å². The molecule has 2 unspecified atom stereocenters. The van der Waals surface area contributed by atoms with E-state index in [0.29, 0.717) is 16.8 Å². The third kappa shape index (κ3) is 3.14. The van der Waals surface area contributed by atoms with Crippen molar-refractivity contribution in [3.8, 4) is 0 Å². The zero-order valence-electron chi connectivity index (χ0n) is 11.2. The van der Waals surface area contributed by atoms with Crippen molar-refractivity contribution in [2.45, 2.75) is 50.7 Å². The number of carbonyl (C=O) groups is 1. The summed E-state index contributed by atoms with van der Waals surface area (Å²) >= 11 is 1.78. The number of ketones is 1. The maximum atomic E-state index is 12.3. The van der Waals surface area contributed by atoms with Crippen molar-refractivity contribution in [2.75, 3.05) is 5.75 Å². The van der Waals surface area contributed by atoms with Crippen LogP contribution in [0.3, 0.4) is 0 Å². The molecule has 3 heteroatoms. The molecule has 2 nitrogen and oxygen atoms in total. The van der Waals surface area contributed by atoms with Crippen molar-refractivity contribution in [3.05, 3.63) is 29.6 Å². The second kappa shape index (κ2) is 6.37. The molecule has 0 saturated carbocycles. The van der Waals surface area contributed by atoms with Crippen molar-refractivity contribution in [2.24, 2.45) is 0 Å². The first-order chi connectivity index (χ1) is 8.72. The maximum absolute atomic E-state index is 12.3. The van der Waals surface area contributed by atoms with Crippen LogP contribution in [0.15, 0.2) is 18.3 Å². The molecule has 1 aromatic rings. The van der Waals surface area contributed by atoms with Crippen LogP contribution in [-0.4, -0.2) is 21.8 Å². The topological polar surface area (TPSA) is 30.0 Å². The minimum absolute atomic E-state index is 0.0477. The fourth-order valence-electron chi connectivity index (χ4n) is 2.37. The van der Waals surface area contributed by atoms with Gasteiger partial charge in [0.05, 0.1) is 17.4 Å². The van der Waals surface area contributed by atoms with Crippen LogP contribution in [0.2, 0.25) is 0 Å². The lowest BCUT2D eigenvalue weighted by atomic mass is 9.84. The van der Waals surface area contributed by atoms with Crippen LogP contribution in [0.25, 0.3) is 0 Å². The summed E-state index contributed by atoms with van der Waals surface area (Å²) in [4.78, 5) is 16.8. The van der Waals surface area contributed by atoms with Gasteiger partial charge in [-0.15, -0.1) is 0 Å². The molecule has 0 spiro atoms. The number of pyridine rings is 1. The van der Waals surface area contributed by atoms with E-state index in [9.17, 15) is 4.79 Å². The molecule has 1 heterocycles. The first kappa shape index (κ1) is 13.6. The SMILES string of the molecule is CCC(C)SCC(=O)C1CCCc2cccnc21. The van der Waals surface area contributed by atoms with Gasteiger partial charge in [0.25, 0.3) is 0 Å². The highest BCUT2D eigenvalue weighted by Gasteiger charge is 2.27. The highest BCUT2D eigenvalue weighted by molar-refractivity contribution is 8.00. The Kier molecular flexibility index (Phi) is 4.81. The second-order valence-electron chi connectivity index (χ2n) is 4.99. The number of hydrogen-bond acceptors (Lipinski definition) is 3. The summed E-state index contributed by atoms with van der Waals surface area (Å²) in [5, 5.41) is 0.570. The number of fused-ring (bicyclic) bond motifs is 1. The summed E-state index contributed by atoms with van der Waals surface area (Å²) < 4.78 is 0. The number of Topliss-reactive ketones (excluding diaryl/α,β-unsaturated/α-hetero) is 1. The average molecular weight is 263 g/mol. The van der Waals surface area contributed by atoms with Gasteiger partial charge in [0.2, 0.25) is 0 Å². The van der Waals surface area contributed by atoms with Gasteiger partial charge in [0.15, 0.2) is 5.78 Å². The van der Waals surface area contributed by atoms with E-state index in [0.717, 1.165) is 31.4 Å². The van der Waals surface area contributed by atoms with Crippen LogP contribution in [0.5, 0.6) is 0 Å². The first-order valence-corrected chi connectivity index (χ1v) is 7.85. The lowest BCUT2D eigenvalue weighted by Crippen LogP contribution is -2.22. The molecule has 0 radical (unpaired) electrons. The monoisotopic (exact) mass is 263 g/mol. The Bertz CT molecular complexity index is 419. The van der Waals surface area contributed by atoms with Gasteiger partial charge in [0, 0.05) is 11.4 Å². The number of hydrogen-bond donors (Lipinski definition) is 0. The number of aromatic nitrogens is 1. The smallest absolute Gasteiger partial charge is 0.151 e. The van der Waals surface area contributed by atoms with Gasteiger partial charge >= 0.3 is 0 Å². The Morgan fingerprint density at radius 3 is 3.22 bits per heavy atom. The van der Waals surface area contributed by atoms with Gasteiger partial charge in [-0.25, -0.2) is 0 Å². The van der Waals surface area contributed by atoms with Gasteiger partial charge in [-0.1, -0.05) is 19.9 Å². The van der Waals surface area contributed by atoms with E-state index in [1.165, 1.54) is 5.56 Å².